The maximum absolute atomic E-state index is 13.6. The molecule has 0 saturated carbocycles. The Bertz CT molecular complexity index is 1020. The molecule has 1 aliphatic heterocycles. The predicted molar refractivity (Wildman–Crippen MR) is 123 cm³/mol. The summed E-state index contributed by atoms with van der Waals surface area (Å²) in [5.74, 6) is 0.0828. The van der Waals surface area contributed by atoms with Gasteiger partial charge in [0.1, 0.15) is 6.07 Å². The number of halogens is 4. The van der Waals surface area contributed by atoms with Gasteiger partial charge in [-0.3, -0.25) is 4.79 Å². The van der Waals surface area contributed by atoms with E-state index in [9.17, 15) is 23.2 Å². The molecular formula is C25H27ClF3N3O. The molecule has 2 aromatic carbocycles. The molecule has 1 saturated heterocycles. The van der Waals surface area contributed by atoms with Gasteiger partial charge in [0, 0.05) is 37.8 Å². The van der Waals surface area contributed by atoms with Gasteiger partial charge in [-0.2, -0.15) is 18.4 Å². The van der Waals surface area contributed by atoms with Crippen LogP contribution in [-0.2, 0) is 17.5 Å². The number of carbonyl (C=O) groups excluding carboxylic acids is 1. The predicted octanol–water partition coefficient (Wildman–Crippen LogP) is 6.42. The van der Waals surface area contributed by atoms with E-state index >= 15 is 0 Å². The van der Waals surface area contributed by atoms with Crippen molar-refractivity contribution < 1.29 is 18.0 Å². The Kier molecular flexibility index (Phi) is 8.25. The minimum atomic E-state index is -4.47. The number of amides is 1. The van der Waals surface area contributed by atoms with Gasteiger partial charge in [-0.15, -0.1) is 0 Å². The Hall–Kier alpha value is -2.72. The van der Waals surface area contributed by atoms with Crippen LogP contribution in [-0.4, -0.2) is 29.9 Å². The summed E-state index contributed by atoms with van der Waals surface area (Å²) >= 11 is 6.24. The molecule has 1 atom stereocenters. The van der Waals surface area contributed by atoms with Crippen molar-refractivity contribution >= 4 is 23.2 Å². The van der Waals surface area contributed by atoms with E-state index in [0.29, 0.717) is 37.2 Å². The largest absolute Gasteiger partial charge is 0.416 e. The molecule has 2 aromatic rings. The van der Waals surface area contributed by atoms with Gasteiger partial charge in [0.2, 0.25) is 5.91 Å². The molecule has 33 heavy (non-hydrogen) atoms. The second kappa shape index (κ2) is 10.9. The van der Waals surface area contributed by atoms with Crippen LogP contribution < -0.4 is 4.90 Å². The first-order valence-corrected chi connectivity index (χ1v) is 11.5. The van der Waals surface area contributed by atoms with Crippen molar-refractivity contribution in [1.29, 1.82) is 5.26 Å². The average Bonchev–Trinajstić information content (AvgIpc) is 3.27. The van der Waals surface area contributed by atoms with Crippen LogP contribution in [0, 0.1) is 11.3 Å². The van der Waals surface area contributed by atoms with Gasteiger partial charge in [-0.1, -0.05) is 49.6 Å². The molecule has 0 aliphatic carbocycles. The molecule has 0 N–H and O–H groups in total. The van der Waals surface area contributed by atoms with Crippen molar-refractivity contribution in [2.45, 2.75) is 57.8 Å². The second-order valence-corrected chi connectivity index (χ2v) is 8.71. The van der Waals surface area contributed by atoms with Crippen molar-refractivity contribution in [2.24, 2.45) is 0 Å². The third-order valence-corrected chi connectivity index (χ3v) is 6.33. The van der Waals surface area contributed by atoms with Crippen molar-refractivity contribution in [2.75, 3.05) is 18.0 Å². The van der Waals surface area contributed by atoms with Gasteiger partial charge in [0.15, 0.2) is 0 Å². The van der Waals surface area contributed by atoms with Gasteiger partial charge in [-0.25, -0.2) is 0 Å². The fraction of sp³-hybridized carbons (Fsp3) is 0.440. The van der Waals surface area contributed by atoms with Crippen LogP contribution in [0.3, 0.4) is 0 Å². The first kappa shape index (κ1) is 24.9. The number of benzene rings is 2. The Balaban J connectivity index is 1.89. The Morgan fingerprint density at radius 1 is 1.24 bits per heavy atom. The molecular weight excluding hydrogens is 451 g/mol. The number of nitriles is 1. The number of hydrogen-bond acceptors (Lipinski definition) is 3. The van der Waals surface area contributed by atoms with Crippen molar-refractivity contribution in [3.05, 3.63) is 64.2 Å². The third-order valence-electron chi connectivity index (χ3n) is 6.02. The van der Waals surface area contributed by atoms with E-state index in [1.54, 1.807) is 29.2 Å². The molecule has 1 fully saturated rings. The number of likely N-dealkylation sites (tertiary alicyclic amines) is 1. The van der Waals surface area contributed by atoms with E-state index in [1.807, 2.05) is 11.0 Å². The molecule has 1 heterocycles. The van der Waals surface area contributed by atoms with Crippen LogP contribution >= 0.6 is 11.6 Å². The number of alkyl halides is 3. The van der Waals surface area contributed by atoms with E-state index in [0.717, 1.165) is 25.3 Å². The summed E-state index contributed by atoms with van der Waals surface area (Å²) < 4.78 is 40.9. The summed E-state index contributed by atoms with van der Waals surface area (Å²) in [6, 6.07) is 12.3. The summed E-state index contributed by atoms with van der Waals surface area (Å²) in [4.78, 5) is 16.3. The molecule has 0 radical (unpaired) electrons. The van der Waals surface area contributed by atoms with E-state index in [2.05, 4.69) is 6.92 Å². The van der Waals surface area contributed by atoms with Gasteiger partial charge in [0.25, 0.3) is 0 Å². The summed E-state index contributed by atoms with van der Waals surface area (Å²) in [6.07, 6.45) is -0.480. The normalized spacial score (nSPS) is 16.0. The van der Waals surface area contributed by atoms with Crippen LogP contribution in [0.15, 0.2) is 42.5 Å². The number of anilines is 1. The Morgan fingerprint density at radius 2 is 2.00 bits per heavy atom. The number of hydrogen-bond donors (Lipinski definition) is 0. The zero-order chi connectivity index (χ0) is 24.0. The number of nitrogens with zero attached hydrogens (tertiary/aromatic N) is 3. The quantitative estimate of drug-likeness (QED) is 0.412. The first-order chi connectivity index (χ1) is 15.7. The minimum Gasteiger partial charge on any atom is -0.362 e. The van der Waals surface area contributed by atoms with E-state index < -0.39 is 11.7 Å². The highest BCUT2D eigenvalue weighted by molar-refractivity contribution is 6.32. The zero-order valence-corrected chi connectivity index (χ0v) is 19.3. The molecule has 0 unspecified atom stereocenters. The molecule has 4 nitrogen and oxygen atoms in total. The van der Waals surface area contributed by atoms with Crippen molar-refractivity contribution in [3.63, 3.8) is 0 Å². The lowest BCUT2D eigenvalue weighted by molar-refractivity contribution is -0.138. The molecule has 3 rings (SSSR count). The third kappa shape index (κ3) is 6.20. The first-order valence-electron chi connectivity index (χ1n) is 11.1. The SMILES string of the molecule is CCCCCC(=O)N1CC[C@H](N(Cc2ccccc2C(F)(F)F)c2ccc(C#N)c(Cl)c2)C1. The zero-order valence-electron chi connectivity index (χ0n) is 18.5. The Morgan fingerprint density at radius 3 is 2.67 bits per heavy atom. The highest BCUT2D eigenvalue weighted by atomic mass is 35.5. The summed E-state index contributed by atoms with van der Waals surface area (Å²) in [6.45, 7) is 3.10. The summed E-state index contributed by atoms with van der Waals surface area (Å²) in [5, 5.41) is 9.43. The second-order valence-electron chi connectivity index (χ2n) is 8.30. The number of rotatable bonds is 8. The lowest BCUT2D eigenvalue weighted by Gasteiger charge is -2.32. The highest BCUT2D eigenvalue weighted by Gasteiger charge is 2.35. The van der Waals surface area contributed by atoms with E-state index in [1.165, 1.54) is 12.1 Å². The van der Waals surface area contributed by atoms with E-state index in [4.69, 9.17) is 11.6 Å². The van der Waals surface area contributed by atoms with Gasteiger partial charge in [0.05, 0.1) is 16.1 Å². The lowest BCUT2D eigenvalue weighted by Crippen LogP contribution is -2.39. The molecule has 8 heteroatoms. The highest BCUT2D eigenvalue weighted by Crippen LogP contribution is 2.35. The number of unbranched alkanes of at least 4 members (excludes halogenated alkanes) is 2. The van der Waals surface area contributed by atoms with Crippen LogP contribution in [0.4, 0.5) is 18.9 Å². The van der Waals surface area contributed by atoms with Gasteiger partial charge < -0.3 is 9.80 Å². The van der Waals surface area contributed by atoms with Gasteiger partial charge in [-0.05, 0) is 42.7 Å². The monoisotopic (exact) mass is 477 g/mol. The maximum atomic E-state index is 13.6. The molecule has 176 valence electrons. The van der Waals surface area contributed by atoms with Crippen molar-refractivity contribution in [1.82, 2.24) is 4.90 Å². The Labute approximate surface area is 197 Å². The smallest absolute Gasteiger partial charge is 0.362 e. The molecule has 0 aromatic heterocycles. The maximum Gasteiger partial charge on any atom is 0.416 e. The van der Waals surface area contributed by atoms with Crippen molar-refractivity contribution in [3.8, 4) is 6.07 Å². The molecule has 1 aliphatic rings. The summed E-state index contributed by atoms with van der Waals surface area (Å²) in [7, 11) is 0. The minimum absolute atomic E-state index is 0.0143. The topological polar surface area (TPSA) is 47.3 Å². The van der Waals surface area contributed by atoms with Crippen LogP contribution in [0.25, 0.3) is 0 Å². The molecule has 0 spiro atoms. The van der Waals surface area contributed by atoms with Crippen LogP contribution in [0.1, 0.15) is 55.7 Å². The number of carbonyl (C=O) groups is 1. The summed E-state index contributed by atoms with van der Waals surface area (Å²) in [5.41, 5.74) is 0.398. The fourth-order valence-corrected chi connectivity index (χ4v) is 4.45. The van der Waals surface area contributed by atoms with Crippen LogP contribution in [0.5, 0.6) is 0 Å². The standard InChI is InChI=1S/C25H27ClF3N3O/c1-2-3-4-9-24(33)31-13-12-21(17-31)32(20-11-10-18(15-30)23(26)14-20)16-19-7-5-6-8-22(19)25(27,28)29/h5-8,10-11,14,21H,2-4,9,12-13,16-17H2,1H3/t21-/m0/s1. The molecule has 0 bridgehead atoms. The molecule has 1 amide bonds. The fourth-order valence-electron chi connectivity index (χ4n) is 4.23. The van der Waals surface area contributed by atoms with Gasteiger partial charge >= 0.3 is 6.18 Å². The van der Waals surface area contributed by atoms with E-state index in [-0.39, 0.29) is 29.1 Å². The van der Waals surface area contributed by atoms with Crippen LogP contribution in [0.2, 0.25) is 5.02 Å². The lowest BCUT2D eigenvalue weighted by atomic mass is 10.0. The average molecular weight is 478 g/mol.